The molecule has 2 aromatic rings. The van der Waals surface area contributed by atoms with Gasteiger partial charge in [-0.05, 0) is 53.9 Å². The Kier molecular flexibility index (Phi) is 2.82. The lowest BCUT2D eigenvalue weighted by molar-refractivity contribution is -0.0466. The summed E-state index contributed by atoms with van der Waals surface area (Å²) in [6.45, 7) is 7.06. The monoisotopic (exact) mass is 280 g/mol. The predicted molar refractivity (Wildman–Crippen MR) is 87.9 cm³/mol. The van der Waals surface area contributed by atoms with Crippen molar-refractivity contribution >= 4 is 10.8 Å². The van der Waals surface area contributed by atoms with E-state index in [2.05, 4.69) is 57.2 Å². The van der Waals surface area contributed by atoms with Gasteiger partial charge in [0.15, 0.2) is 0 Å². The maximum Gasteiger partial charge on any atom is 0.124 e. The summed E-state index contributed by atoms with van der Waals surface area (Å²) in [5.41, 5.74) is 1.53. The highest BCUT2D eigenvalue weighted by Gasteiger charge is 2.48. The van der Waals surface area contributed by atoms with Gasteiger partial charge in [0, 0.05) is 5.56 Å². The first-order valence-electron chi connectivity index (χ1n) is 8.31. The smallest absolute Gasteiger partial charge is 0.124 e. The van der Waals surface area contributed by atoms with Crippen LogP contribution >= 0.6 is 0 Å². The molecule has 110 valence electrons. The SMILES string of the molecule is CC(C)[C@@]12CC[C@@H](C)[C@@H](C1)c1c(ccc3ccccc13)O2. The van der Waals surface area contributed by atoms with E-state index in [0.29, 0.717) is 11.8 Å². The molecular weight excluding hydrogens is 256 g/mol. The van der Waals surface area contributed by atoms with Gasteiger partial charge in [0.1, 0.15) is 11.4 Å². The van der Waals surface area contributed by atoms with Crippen LogP contribution in [-0.4, -0.2) is 5.60 Å². The van der Waals surface area contributed by atoms with Crippen LogP contribution in [0.4, 0.5) is 0 Å². The van der Waals surface area contributed by atoms with Gasteiger partial charge in [-0.3, -0.25) is 0 Å². The van der Waals surface area contributed by atoms with Gasteiger partial charge in [-0.2, -0.15) is 0 Å². The summed E-state index contributed by atoms with van der Waals surface area (Å²) < 4.78 is 6.61. The minimum Gasteiger partial charge on any atom is -0.487 e. The lowest BCUT2D eigenvalue weighted by Crippen LogP contribution is -2.49. The fourth-order valence-electron chi connectivity index (χ4n) is 4.44. The van der Waals surface area contributed by atoms with Gasteiger partial charge in [-0.15, -0.1) is 0 Å². The van der Waals surface area contributed by atoms with Crippen molar-refractivity contribution in [3.63, 3.8) is 0 Å². The number of hydrogen-bond donors (Lipinski definition) is 0. The Morgan fingerprint density at radius 1 is 1.14 bits per heavy atom. The normalized spacial score (nSPS) is 31.0. The standard InChI is InChI=1S/C20H24O/c1-13(2)20-11-10-14(3)17(12-20)19-16-7-5-4-6-15(16)8-9-18(19)21-20/h4-9,13-14,17H,10-12H2,1-3H3/t14-,17-,20-/m1/s1. The van der Waals surface area contributed by atoms with Crippen LogP contribution in [0, 0.1) is 11.8 Å². The van der Waals surface area contributed by atoms with Crippen molar-refractivity contribution in [2.75, 3.05) is 0 Å². The number of hydrogen-bond acceptors (Lipinski definition) is 1. The topological polar surface area (TPSA) is 9.23 Å². The molecule has 21 heavy (non-hydrogen) atoms. The molecule has 0 radical (unpaired) electrons. The molecular formula is C20H24O. The van der Waals surface area contributed by atoms with Crippen LogP contribution in [0.3, 0.4) is 0 Å². The number of ether oxygens (including phenoxy) is 1. The van der Waals surface area contributed by atoms with E-state index in [1.807, 2.05) is 0 Å². The van der Waals surface area contributed by atoms with Crippen molar-refractivity contribution in [1.82, 2.24) is 0 Å². The second kappa shape index (κ2) is 4.50. The molecule has 1 aliphatic heterocycles. The van der Waals surface area contributed by atoms with Gasteiger partial charge in [0.2, 0.25) is 0 Å². The highest BCUT2D eigenvalue weighted by molar-refractivity contribution is 5.88. The molecule has 1 saturated carbocycles. The van der Waals surface area contributed by atoms with E-state index < -0.39 is 0 Å². The summed E-state index contributed by atoms with van der Waals surface area (Å²) in [6.07, 6.45) is 3.67. The zero-order valence-corrected chi connectivity index (χ0v) is 13.2. The molecule has 2 bridgehead atoms. The molecule has 1 heterocycles. The van der Waals surface area contributed by atoms with E-state index in [4.69, 9.17) is 4.74 Å². The molecule has 0 saturated heterocycles. The van der Waals surface area contributed by atoms with E-state index in [-0.39, 0.29) is 5.60 Å². The maximum absolute atomic E-state index is 6.61. The Morgan fingerprint density at radius 2 is 1.95 bits per heavy atom. The van der Waals surface area contributed by atoms with Gasteiger partial charge in [-0.1, -0.05) is 51.1 Å². The van der Waals surface area contributed by atoms with Gasteiger partial charge >= 0.3 is 0 Å². The molecule has 1 fully saturated rings. The van der Waals surface area contributed by atoms with Crippen LogP contribution in [0.5, 0.6) is 5.75 Å². The van der Waals surface area contributed by atoms with Crippen LogP contribution in [0.15, 0.2) is 36.4 Å². The Bertz CT molecular complexity index is 687. The Labute approximate surface area is 127 Å². The summed E-state index contributed by atoms with van der Waals surface area (Å²) in [5.74, 6) is 3.12. The van der Waals surface area contributed by atoms with Crippen LogP contribution in [0.25, 0.3) is 10.8 Å². The molecule has 1 nitrogen and oxygen atoms in total. The second-order valence-corrected chi connectivity index (χ2v) is 7.35. The average Bonchev–Trinajstić information content (AvgIpc) is 2.50. The fraction of sp³-hybridized carbons (Fsp3) is 0.500. The number of benzene rings is 2. The van der Waals surface area contributed by atoms with Crippen molar-refractivity contribution in [3.8, 4) is 5.75 Å². The summed E-state index contributed by atoms with van der Waals surface area (Å²) in [7, 11) is 0. The molecule has 0 aromatic heterocycles. The van der Waals surface area contributed by atoms with Crippen molar-refractivity contribution in [2.45, 2.75) is 51.6 Å². The highest BCUT2D eigenvalue weighted by atomic mass is 16.5. The van der Waals surface area contributed by atoms with Gasteiger partial charge in [0.05, 0.1) is 0 Å². The van der Waals surface area contributed by atoms with E-state index >= 15 is 0 Å². The Morgan fingerprint density at radius 3 is 2.76 bits per heavy atom. The minimum atomic E-state index is 0.0621. The summed E-state index contributed by atoms with van der Waals surface area (Å²) >= 11 is 0. The Hall–Kier alpha value is -1.50. The molecule has 0 amide bonds. The quantitative estimate of drug-likeness (QED) is 0.667. The molecule has 1 aliphatic carbocycles. The van der Waals surface area contributed by atoms with E-state index in [9.17, 15) is 0 Å². The zero-order valence-electron chi connectivity index (χ0n) is 13.2. The second-order valence-electron chi connectivity index (χ2n) is 7.35. The lowest BCUT2D eigenvalue weighted by Gasteiger charge is -2.51. The summed E-state index contributed by atoms with van der Waals surface area (Å²) in [4.78, 5) is 0. The largest absolute Gasteiger partial charge is 0.487 e. The first-order chi connectivity index (χ1) is 10.1. The van der Waals surface area contributed by atoms with Gasteiger partial charge in [-0.25, -0.2) is 0 Å². The third kappa shape index (κ3) is 1.83. The molecule has 0 N–H and O–H groups in total. The first-order valence-corrected chi connectivity index (χ1v) is 8.31. The average molecular weight is 280 g/mol. The molecule has 4 rings (SSSR count). The van der Waals surface area contributed by atoms with E-state index in [1.165, 1.54) is 35.6 Å². The van der Waals surface area contributed by atoms with Crippen LogP contribution in [0.1, 0.15) is 51.5 Å². The van der Waals surface area contributed by atoms with Crippen molar-refractivity contribution < 1.29 is 4.74 Å². The lowest BCUT2D eigenvalue weighted by atomic mass is 9.64. The van der Waals surface area contributed by atoms with Gasteiger partial charge in [0.25, 0.3) is 0 Å². The summed E-state index contributed by atoms with van der Waals surface area (Å²) in [5, 5.41) is 2.74. The fourth-order valence-corrected chi connectivity index (χ4v) is 4.44. The molecule has 3 atom stereocenters. The minimum absolute atomic E-state index is 0.0621. The van der Waals surface area contributed by atoms with Crippen LogP contribution in [-0.2, 0) is 0 Å². The van der Waals surface area contributed by atoms with Crippen molar-refractivity contribution in [3.05, 3.63) is 42.0 Å². The highest BCUT2D eigenvalue weighted by Crippen LogP contribution is 2.55. The van der Waals surface area contributed by atoms with Crippen LogP contribution in [0.2, 0.25) is 0 Å². The molecule has 2 aliphatic rings. The van der Waals surface area contributed by atoms with Crippen molar-refractivity contribution in [2.24, 2.45) is 11.8 Å². The van der Waals surface area contributed by atoms with E-state index in [0.717, 1.165) is 11.7 Å². The molecule has 0 spiro atoms. The van der Waals surface area contributed by atoms with E-state index in [1.54, 1.807) is 0 Å². The molecule has 1 heteroatoms. The zero-order chi connectivity index (χ0) is 14.6. The number of rotatable bonds is 1. The van der Waals surface area contributed by atoms with Crippen LogP contribution < -0.4 is 4.74 Å². The predicted octanol–water partition coefficient (Wildman–Crippen LogP) is 5.53. The third-order valence-corrected chi connectivity index (χ3v) is 5.94. The first kappa shape index (κ1) is 13.2. The summed E-state index contributed by atoms with van der Waals surface area (Å²) in [6, 6.07) is 13.2. The number of fused-ring (bicyclic) bond motifs is 6. The van der Waals surface area contributed by atoms with Gasteiger partial charge < -0.3 is 4.74 Å². The van der Waals surface area contributed by atoms with Crippen molar-refractivity contribution in [1.29, 1.82) is 0 Å². The third-order valence-electron chi connectivity index (χ3n) is 5.94. The Balaban J connectivity index is 1.95. The molecule has 2 aromatic carbocycles. The maximum atomic E-state index is 6.61. The molecule has 0 unspecified atom stereocenters.